The van der Waals surface area contributed by atoms with E-state index in [1.807, 2.05) is 0 Å². The third-order valence-electron chi connectivity index (χ3n) is 2.73. The summed E-state index contributed by atoms with van der Waals surface area (Å²) in [7, 11) is -3.61. The minimum atomic E-state index is -3.61. The number of nitro groups is 1. The second kappa shape index (κ2) is 7.47. The first kappa shape index (κ1) is 19.7. The fraction of sp³-hybridized carbons (Fsp3) is 0.500. The van der Waals surface area contributed by atoms with Gasteiger partial charge in [0.1, 0.15) is 5.60 Å². The molecular weight excluding hydrogens is 338 g/mol. The van der Waals surface area contributed by atoms with Crippen LogP contribution in [-0.4, -0.2) is 44.4 Å². The monoisotopic (exact) mass is 359 g/mol. The topological polar surface area (TPSA) is 119 Å². The first-order valence-corrected chi connectivity index (χ1v) is 8.94. The van der Waals surface area contributed by atoms with E-state index in [2.05, 4.69) is 5.32 Å². The number of amides is 1. The number of nitrogens with zero attached hydrogens (tertiary/aromatic N) is 2. The molecule has 1 aromatic rings. The molecule has 0 saturated heterocycles. The van der Waals surface area contributed by atoms with E-state index in [9.17, 15) is 23.3 Å². The fourth-order valence-corrected chi connectivity index (χ4v) is 2.73. The second-order valence-electron chi connectivity index (χ2n) is 6.04. The number of nitrogens with one attached hydrogen (secondary N) is 1. The lowest BCUT2D eigenvalue weighted by Gasteiger charge is -2.23. The van der Waals surface area contributed by atoms with Gasteiger partial charge in [-0.05, 0) is 32.9 Å². The predicted octanol–water partition coefficient (Wildman–Crippen LogP) is 1.89. The summed E-state index contributed by atoms with van der Waals surface area (Å²) in [6.45, 7) is 5.14. The van der Waals surface area contributed by atoms with Crippen LogP contribution >= 0.6 is 0 Å². The van der Waals surface area contributed by atoms with Gasteiger partial charge in [-0.25, -0.2) is 13.2 Å². The zero-order chi connectivity index (χ0) is 18.5. The Morgan fingerprint density at radius 3 is 2.25 bits per heavy atom. The Morgan fingerprint density at radius 1 is 1.29 bits per heavy atom. The number of nitro benzene ring substituents is 1. The number of carbonyl (C=O) groups is 1. The number of non-ortho nitro benzene ring substituents is 1. The van der Waals surface area contributed by atoms with Gasteiger partial charge in [0.25, 0.3) is 5.69 Å². The zero-order valence-electron chi connectivity index (χ0n) is 14.0. The van der Waals surface area contributed by atoms with Crippen molar-refractivity contribution in [2.75, 3.05) is 23.7 Å². The van der Waals surface area contributed by atoms with E-state index in [0.29, 0.717) is 0 Å². The number of ether oxygens (including phenoxy) is 1. The van der Waals surface area contributed by atoms with Crippen molar-refractivity contribution in [2.24, 2.45) is 0 Å². The SMILES string of the molecule is CC(C)(C)OC(=O)NCCN(c1ccc([N+](=O)[O-])cc1)S(C)(=O)=O. The molecule has 0 aliphatic rings. The maximum Gasteiger partial charge on any atom is 0.407 e. The molecule has 9 nitrogen and oxygen atoms in total. The predicted molar refractivity (Wildman–Crippen MR) is 89.5 cm³/mol. The first-order valence-electron chi connectivity index (χ1n) is 7.09. The molecule has 0 aliphatic carbocycles. The highest BCUT2D eigenvalue weighted by molar-refractivity contribution is 7.92. The van der Waals surface area contributed by atoms with Crippen LogP contribution in [0.15, 0.2) is 24.3 Å². The van der Waals surface area contributed by atoms with Gasteiger partial charge in [0.15, 0.2) is 0 Å². The molecule has 0 atom stereocenters. The molecule has 0 fully saturated rings. The van der Waals surface area contributed by atoms with Gasteiger partial charge >= 0.3 is 6.09 Å². The Kier molecular flexibility index (Phi) is 6.13. The summed E-state index contributed by atoms with van der Waals surface area (Å²) >= 11 is 0. The van der Waals surface area contributed by atoms with Crippen molar-refractivity contribution in [1.82, 2.24) is 5.32 Å². The molecule has 0 unspecified atom stereocenters. The molecule has 0 heterocycles. The highest BCUT2D eigenvalue weighted by atomic mass is 32.2. The van der Waals surface area contributed by atoms with Crippen molar-refractivity contribution in [1.29, 1.82) is 0 Å². The summed E-state index contributed by atoms with van der Waals surface area (Å²) in [5.41, 5.74) is -0.521. The Hall–Kier alpha value is -2.36. The summed E-state index contributed by atoms with van der Waals surface area (Å²) in [5, 5.41) is 13.1. The third-order valence-corrected chi connectivity index (χ3v) is 3.93. The lowest BCUT2D eigenvalue weighted by molar-refractivity contribution is -0.384. The van der Waals surface area contributed by atoms with Crippen LogP contribution in [0.1, 0.15) is 20.8 Å². The average Bonchev–Trinajstić information content (AvgIpc) is 2.40. The normalized spacial score (nSPS) is 11.7. The molecule has 0 spiro atoms. The molecule has 1 amide bonds. The second-order valence-corrected chi connectivity index (χ2v) is 7.94. The van der Waals surface area contributed by atoms with E-state index < -0.39 is 26.6 Å². The maximum absolute atomic E-state index is 11.9. The van der Waals surface area contributed by atoms with Crippen LogP contribution in [-0.2, 0) is 14.8 Å². The molecule has 0 aromatic heterocycles. The minimum absolute atomic E-state index is 0.0268. The van der Waals surface area contributed by atoms with E-state index in [-0.39, 0.29) is 24.5 Å². The van der Waals surface area contributed by atoms with Crippen molar-refractivity contribution in [3.8, 4) is 0 Å². The number of hydrogen-bond donors (Lipinski definition) is 1. The van der Waals surface area contributed by atoms with Crippen molar-refractivity contribution >= 4 is 27.5 Å². The molecule has 134 valence electrons. The summed E-state index contributed by atoms with van der Waals surface area (Å²) in [5.74, 6) is 0. The number of alkyl carbamates (subject to hydrolysis) is 1. The van der Waals surface area contributed by atoms with E-state index in [1.165, 1.54) is 24.3 Å². The van der Waals surface area contributed by atoms with Gasteiger partial charge in [0, 0.05) is 18.7 Å². The van der Waals surface area contributed by atoms with Crippen molar-refractivity contribution in [3.05, 3.63) is 34.4 Å². The summed E-state index contributed by atoms with van der Waals surface area (Å²) in [6.07, 6.45) is 0.363. The van der Waals surface area contributed by atoms with Gasteiger partial charge in [0.05, 0.1) is 23.4 Å². The standard InChI is InChI=1S/C14H21N3O6S/c1-14(2,3)23-13(18)15-9-10-16(24(4,21)22)11-5-7-12(8-6-11)17(19)20/h5-8H,9-10H2,1-4H3,(H,15,18). The number of carbonyl (C=O) groups excluding carboxylic acids is 1. The van der Waals surface area contributed by atoms with E-state index in [0.717, 1.165) is 10.6 Å². The number of benzene rings is 1. The lowest BCUT2D eigenvalue weighted by atomic mass is 10.2. The quantitative estimate of drug-likeness (QED) is 0.612. The van der Waals surface area contributed by atoms with Crippen molar-refractivity contribution in [3.63, 3.8) is 0 Å². The molecule has 0 bridgehead atoms. The molecule has 10 heteroatoms. The number of anilines is 1. The zero-order valence-corrected chi connectivity index (χ0v) is 14.8. The molecule has 24 heavy (non-hydrogen) atoms. The average molecular weight is 359 g/mol. The fourth-order valence-electron chi connectivity index (χ4n) is 1.80. The van der Waals surface area contributed by atoms with Gasteiger partial charge in [-0.15, -0.1) is 0 Å². The Morgan fingerprint density at radius 2 is 1.83 bits per heavy atom. The summed E-state index contributed by atoms with van der Waals surface area (Å²) < 4.78 is 29.9. The number of sulfonamides is 1. The van der Waals surface area contributed by atoms with Crippen LogP contribution in [0.2, 0.25) is 0 Å². The largest absolute Gasteiger partial charge is 0.444 e. The van der Waals surface area contributed by atoms with E-state index >= 15 is 0 Å². The highest BCUT2D eigenvalue weighted by Crippen LogP contribution is 2.21. The molecule has 0 radical (unpaired) electrons. The lowest BCUT2D eigenvalue weighted by Crippen LogP contribution is -2.40. The van der Waals surface area contributed by atoms with Gasteiger partial charge < -0.3 is 10.1 Å². The Balaban J connectivity index is 2.78. The van der Waals surface area contributed by atoms with E-state index in [1.54, 1.807) is 20.8 Å². The van der Waals surface area contributed by atoms with Gasteiger partial charge in [-0.3, -0.25) is 14.4 Å². The van der Waals surface area contributed by atoms with E-state index in [4.69, 9.17) is 4.74 Å². The van der Waals surface area contributed by atoms with Gasteiger partial charge in [0.2, 0.25) is 10.0 Å². The summed E-state index contributed by atoms with van der Waals surface area (Å²) in [4.78, 5) is 21.7. The van der Waals surface area contributed by atoms with Gasteiger partial charge in [-0.1, -0.05) is 0 Å². The Labute approximate surface area is 140 Å². The van der Waals surface area contributed by atoms with Crippen molar-refractivity contribution < 1.29 is 22.9 Å². The molecule has 1 N–H and O–H groups in total. The first-order chi connectivity index (χ1) is 10.9. The van der Waals surface area contributed by atoms with Crippen LogP contribution in [0.5, 0.6) is 0 Å². The molecule has 0 saturated carbocycles. The molecule has 1 aromatic carbocycles. The minimum Gasteiger partial charge on any atom is -0.444 e. The smallest absolute Gasteiger partial charge is 0.407 e. The number of rotatable bonds is 6. The number of hydrogen-bond acceptors (Lipinski definition) is 6. The molecule has 0 aliphatic heterocycles. The third kappa shape index (κ3) is 6.41. The van der Waals surface area contributed by atoms with Crippen LogP contribution < -0.4 is 9.62 Å². The maximum atomic E-state index is 11.9. The molecule has 1 rings (SSSR count). The van der Waals surface area contributed by atoms with Crippen molar-refractivity contribution in [2.45, 2.75) is 26.4 Å². The van der Waals surface area contributed by atoms with Crippen LogP contribution in [0, 0.1) is 10.1 Å². The summed E-state index contributed by atoms with van der Waals surface area (Å²) in [6, 6.07) is 5.11. The van der Waals surface area contributed by atoms with Crippen LogP contribution in [0.25, 0.3) is 0 Å². The highest BCUT2D eigenvalue weighted by Gasteiger charge is 2.20. The van der Waals surface area contributed by atoms with Crippen LogP contribution in [0.3, 0.4) is 0 Å². The van der Waals surface area contributed by atoms with Gasteiger partial charge in [-0.2, -0.15) is 0 Å². The van der Waals surface area contributed by atoms with Crippen LogP contribution in [0.4, 0.5) is 16.2 Å². The Bertz CT molecular complexity index is 694. The molecular formula is C14H21N3O6S.